The second kappa shape index (κ2) is 7.13. The number of sulfonamides is 1. The minimum Gasteiger partial charge on any atom is -0.277 e. The molecule has 0 radical (unpaired) electrons. The van der Waals surface area contributed by atoms with Gasteiger partial charge in [-0.3, -0.25) is 4.72 Å². The minimum absolute atomic E-state index is 0.212. The lowest BCUT2D eigenvalue weighted by molar-refractivity contribution is 0.601. The van der Waals surface area contributed by atoms with Crippen molar-refractivity contribution in [2.24, 2.45) is 0 Å². The van der Waals surface area contributed by atoms with E-state index in [-0.39, 0.29) is 4.90 Å². The van der Waals surface area contributed by atoms with Gasteiger partial charge in [0.15, 0.2) is 0 Å². The molecule has 0 heterocycles. The summed E-state index contributed by atoms with van der Waals surface area (Å²) in [5.41, 5.74) is 1.48. The van der Waals surface area contributed by atoms with Crippen molar-refractivity contribution < 1.29 is 8.42 Å². The van der Waals surface area contributed by atoms with Gasteiger partial charge in [0.1, 0.15) is 0 Å². The average Bonchev–Trinajstić information content (AvgIpc) is 2.44. The first-order valence-electron chi connectivity index (χ1n) is 6.06. The lowest BCUT2D eigenvalue weighted by Crippen LogP contribution is -2.13. The van der Waals surface area contributed by atoms with Crippen LogP contribution in [0.3, 0.4) is 0 Å². The van der Waals surface area contributed by atoms with E-state index < -0.39 is 10.0 Å². The van der Waals surface area contributed by atoms with Crippen LogP contribution in [0.25, 0.3) is 0 Å². The molecule has 3 nitrogen and oxygen atoms in total. The monoisotopic (exact) mass is 451 g/mol. The van der Waals surface area contributed by atoms with Crippen molar-refractivity contribution in [2.75, 3.05) is 10.6 Å². The van der Waals surface area contributed by atoms with E-state index in [0.717, 1.165) is 5.56 Å². The predicted molar refractivity (Wildman–Crippen MR) is 93.5 cm³/mol. The van der Waals surface area contributed by atoms with Crippen LogP contribution in [0.15, 0.2) is 56.3 Å². The number of nitrogens with one attached hydrogen (secondary N) is 1. The average molecular weight is 454 g/mol. The molecule has 0 saturated carbocycles. The lowest BCUT2D eigenvalue weighted by Gasteiger charge is -2.12. The normalized spacial score (nSPS) is 11.4. The SMILES string of the molecule is O=S(=O)(Nc1c(Br)cccc1Br)c1ccc(CCCl)cc1. The maximum absolute atomic E-state index is 12.4. The molecule has 0 amide bonds. The largest absolute Gasteiger partial charge is 0.277 e. The molecule has 0 aliphatic heterocycles. The molecule has 2 aromatic rings. The molecule has 1 N–H and O–H groups in total. The molecule has 2 rings (SSSR count). The molecule has 112 valence electrons. The minimum atomic E-state index is -3.63. The Morgan fingerprint density at radius 2 is 1.57 bits per heavy atom. The van der Waals surface area contributed by atoms with E-state index in [2.05, 4.69) is 36.6 Å². The molecular weight excluding hydrogens is 441 g/mol. The maximum Gasteiger partial charge on any atom is 0.261 e. The Labute approximate surface area is 146 Å². The second-order valence-corrected chi connectivity index (χ2v) is 8.05. The molecule has 21 heavy (non-hydrogen) atoms. The summed E-state index contributed by atoms with van der Waals surface area (Å²) in [4.78, 5) is 0.212. The van der Waals surface area contributed by atoms with Gasteiger partial charge in [0.2, 0.25) is 0 Å². The fourth-order valence-corrected chi connectivity index (χ4v) is 4.51. The van der Waals surface area contributed by atoms with E-state index in [1.807, 2.05) is 6.07 Å². The molecule has 0 atom stereocenters. The summed E-state index contributed by atoms with van der Waals surface area (Å²) in [6.45, 7) is 0. The van der Waals surface area contributed by atoms with Gasteiger partial charge < -0.3 is 0 Å². The number of hydrogen-bond acceptors (Lipinski definition) is 2. The zero-order chi connectivity index (χ0) is 15.5. The fourth-order valence-electron chi connectivity index (χ4n) is 1.73. The molecule has 0 spiro atoms. The summed E-state index contributed by atoms with van der Waals surface area (Å²) < 4.78 is 28.7. The molecule has 0 fully saturated rings. The van der Waals surface area contributed by atoms with Gasteiger partial charge in [-0.15, -0.1) is 11.6 Å². The van der Waals surface area contributed by atoms with Gasteiger partial charge in [-0.2, -0.15) is 0 Å². The summed E-state index contributed by atoms with van der Waals surface area (Å²) in [7, 11) is -3.63. The van der Waals surface area contributed by atoms with Crippen LogP contribution in [0, 0.1) is 0 Å². The highest BCUT2D eigenvalue weighted by Gasteiger charge is 2.17. The van der Waals surface area contributed by atoms with Crippen molar-refractivity contribution in [2.45, 2.75) is 11.3 Å². The Balaban J connectivity index is 2.30. The quantitative estimate of drug-likeness (QED) is 0.662. The summed E-state index contributed by atoms with van der Waals surface area (Å²) in [5.74, 6) is 0.508. The summed E-state index contributed by atoms with van der Waals surface area (Å²) in [6, 6.07) is 12.0. The van der Waals surface area contributed by atoms with Crippen molar-refractivity contribution in [3.8, 4) is 0 Å². The van der Waals surface area contributed by atoms with Gasteiger partial charge >= 0.3 is 0 Å². The van der Waals surface area contributed by atoms with Crippen molar-refractivity contribution in [1.29, 1.82) is 0 Å². The first kappa shape index (κ1) is 16.8. The number of para-hydroxylation sites is 1. The van der Waals surface area contributed by atoms with Crippen LogP contribution in [0.5, 0.6) is 0 Å². The Morgan fingerprint density at radius 1 is 1.00 bits per heavy atom. The summed E-state index contributed by atoms with van der Waals surface area (Å²) in [5, 5.41) is 0. The van der Waals surface area contributed by atoms with Crippen molar-refractivity contribution in [3.05, 3.63) is 57.0 Å². The van der Waals surface area contributed by atoms with Gasteiger partial charge in [-0.05, 0) is 68.1 Å². The number of aryl methyl sites for hydroxylation is 1. The summed E-state index contributed by atoms with van der Waals surface area (Å²) in [6.07, 6.45) is 0.713. The van der Waals surface area contributed by atoms with Crippen LogP contribution >= 0.6 is 43.5 Å². The van der Waals surface area contributed by atoms with E-state index in [1.165, 1.54) is 0 Å². The molecular formula is C14H12Br2ClNO2S. The Hall–Kier alpha value is -0.560. The zero-order valence-corrected chi connectivity index (χ0v) is 15.6. The Kier molecular flexibility index (Phi) is 5.71. The van der Waals surface area contributed by atoms with Crippen LogP contribution in [-0.2, 0) is 16.4 Å². The lowest BCUT2D eigenvalue weighted by atomic mass is 10.2. The third kappa shape index (κ3) is 4.22. The number of benzene rings is 2. The van der Waals surface area contributed by atoms with Crippen molar-refractivity contribution in [3.63, 3.8) is 0 Å². The standard InChI is InChI=1S/C14H12Br2ClNO2S/c15-12-2-1-3-13(16)14(12)18-21(19,20)11-6-4-10(5-7-11)8-9-17/h1-7,18H,8-9H2. The van der Waals surface area contributed by atoms with Crippen LogP contribution in [0.2, 0.25) is 0 Å². The molecule has 0 aliphatic carbocycles. The number of hydrogen-bond donors (Lipinski definition) is 1. The number of halogens is 3. The van der Waals surface area contributed by atoms with E-state index >= 15 is 0 Å². The van der Waals surface area contributed by atoms with E-state index in [9.17, 15) is 8.42 Å². The van der Waals surface area contributed by atoms with Crippen LogP contribution in [0.4, 0.5) is 5.69 Å². The first-order chi connectivity index (χ1) is 9.94. The number of alkyl halides is 1. The van der Waals surface area contributed by atoms with Crippen LogP contribution in [0.1, 0.15) is 5.56 Å². The fraction of sp³-hybridized carbons (Fsp3) is 0.143. The number of rotatable bonds is 5. The molecule has 0 aliphatic rings. The van der Waals surface area contributed by atoms with Crippen LogP contribution in [-0.4, -0.2) is 14.3 Å². The van der Waals surface area contributed by atoms with E-state index in [4.69, 9.17) is 11.6 Å². The predicted octanol–water partition coefficient (Wildman–Crippen LogP) is 4.79. The molecule has 0 aromatic heterocycles. The van der Waals surface area contributed by atoms with Crippen molar-refractivity contribution >= 4 is 59.2 Å². The topological polar surface area (TPSA) is 46.2 Å². The highest BCUT2D eigenvalue weighted by atomic mass is 79.9. The first-order valence-corrected chi connectivity index (χ1v) is 9.66. The Morgan fingerprint density at radius 3 is 2.10 bits per heavy atom. The van der Waals surface area contributed by atoms with E-state index in [0.29, 0.717) is 26.9 Å². The van der Waals surface area contributed by atoms with Gasteiger partial charge in [0.25, 0.3) is 10.0 Å². The molecule has 0 saturated heterocycles. The molecule has 7 heteroatoms. The molecule has 0 unspecified atom stereocenters. The van der Waals surface area contributed by atoms with Crippen molar-refractivity contribution in [1.82, 2.24) is 0 Å². The van der Waals surface area contributed by atoms with Gasteiger partial charge in [0, 0.05) is 14.8 Å². The highest BCUT2D eigenvalue weighted by molar-refractivity contribution is 9.11. The third-order valence-electron chi connectivity index (χ3n) is 2.82. The van der Waals surface area contributed by atoms with Gasteiger partial charge in [-0.25, -0.2) is 8.42 Å². The summed E-state index contributed by atoms with van der Waals surface area (Å²) >= 11 is 12.3. The van der Waals surface area contributed by atoms with Crippen LogP contribution < -0.4 is 4.72 Å². The third-order valence-corrected chi connectivity index (χ3v) is 5.69. The maximum atomic E-state index is 12.4. The number of anilines is 1. The Bertz CT molecular complexity index is 713. The van der Waals surface area contributed by atoms with Gasteiger partial charge in [-0.1, -0.05) is 18.2 Å². The second-order valence-electron chi connectivity index (χ2n) is 4.29. The smallest absolute Gasteiger partial charge is 0.261 e. The zero-order valence-electron chi connectivity index (χ0n) is 10.8. The van der Waals surface area contributed by atoms with Gasteiger partial charge in [0.05, 0.1) is 10.6 Å². The van der Waals surface area contributed by atoms with E-state index in [1.54, 1.807) is 36.4 Å². The molecule has 2 aromatic carbocycles. The molecule has 0 bridgehead atoms. The highest BCUT2D eigenvalue weighted by Crippen LogP contribution is 2.32.